The topological polar surface area (TPSA) is 124 Å². The van der Waals surface area contributed by atoms with Crippen molar-refractivity contribution in [2.45, 2.75) is 30.9 Å². The highest BCUT2D eigenvalue weighted by Crippen LogP contribution is 2.22. The molecule has 0 bridgehead atoms. The van der Waals surface area contributed by atoms with Crippen LogP contribution in [0.3, 0.4) is 0 Å². The minimum atomic E-state index is -5.85. The van der Waals surface area contributed by atoms with Crippen LogP contribution in [0, 0.1) is 0 Å². The van der Waals surface area contributed by atoms with Crippen LogP contribution in [0.15, 0.2) is 0 Å². The van der Waals surface area contributed by atoms with Gasteiger partial charge in [0.2, 0.25) is 0 Å². The Bertz CT molecular complexity index is 540. The Labute approximate surface area is 121 Å². The number of halogens is 2. The second kappa shape index (κ2) is 7.96. The van der Waals surface area contributed by atoms with Gasteiger partial charge >= 0.3 is 21.3 Å². The maximum absolute atomic E-state index is 12.7. The molecule has 0 aliphatic carbocycles. The average Bonchev–Trinajstić information content (AvgIpc) is 2.29. The molecule has 0 aromatic heterocycles. The van der Waals surface area contributed by atoms with Crippen LogP contribution in [0.25, 0.3) is 0 Å². The van der Waals surface area contributed by atoms with E-state index in [1.165, 1.54) is 0 Å². The van der Waals surface area contributed by atoms with E-state index in [0.29, 0.717) is 19.3 Å². The molecule has 0 amide bonds. The molecule has 0 heterocycles. The van der Waals surface area contributed by atoms with Gasteiger partial charge in [-0.2, -0.15) is 25.6 Å². The second-order valence-electron chi connectivity index (χ2n) is 4.07. The predicted octanol–water partition coefficient (Wildman–Crippen LogP) is 0.547. The third-order valence-corrected chi connectivity index (χ3v) is 3.54. The van der Waals surface area contributed by atoms with E-state index in [-0.39, 0.29) is 13.0 Å². The molecule has 0 atom stereocenters. The zero-order chi connectivity index (χ0) is 16.7. The van der Waals surface area contributed by atoms with E-state index in [1.807, 2.05) is 0 Å². The zero-order valence-corrected chi connectivity index (χ0v) is 12.8. The monoisotopic (exact) mass is 354 g/mol. The first-order valence-corrected chi connectivity index (χ1v) is 9.00. The lowest BCUT2D eigenvalue weighted by Gasteiger charge is -2.11. The quantitative estimate of drug-likeness (QED) is 0.261. The summed E-state index contributed by atoms with van der Waals surface area (Å²) in [6, 6.07) is 0. The highest BCUT2D eigenvalue weighted by Gasteiger charge is 2.54. The van der Waals surface area contributed by atoms with Crippen molar-refractivity contribution in [3.05, 3.63) is 0 Å². The molecule has 12 heteroatoms. The van der Waals surface area contributed by atoms with Gasteiger partial charge in [-0.3, -0.25) is 8.74 Å². The Kier molecular flexibility index (Phi) is 7.64. The molecule has 0 rings (SSSR count). The summed E-state index contributed by atoms with van der Waals surface area (Å²) in [7, 11) is -9.35. The number of rotatable bonds is 10. The first-order chi connectivity index (χ1) is 9.38. The summed E-state index contributed by atoms with van der Waals surface area (Å²) >= 11 is 0. The average molecular weight is 354 g/mol. The van der Waals surface area contributed by atoms with Crippen molar-refractivity contribution in [3.63, 3.8) is 0 Å². The fourth-order valence-corrected chi connectivity index (χ4v) is 1.81. The fraction of sp³-hybridized carbons (Fsp3) is 0.889. The minimum Gasteiger partial charge on any atom is -0.460 e. The van der Waals surface area contributed by atoms with Crippen LogP contribution in [-0.4, -0.2) is 52.1 Å². The smallest absolute Gasteiger partial charge is 0.460 e. The van der Waals surface area contributed by atoms with E-state index in [1.54, 1.807) is 0 Å². The summed E-state index contributed by atoms with van der Waals surface area (Å²) in [5.74, 6) is -2.34. The summed E-state index contributed by atoms with van der Waals surface area (Å²) in [5, 5.41) is -4.99. The van der Waals surface area contributed by atoms with Gasteiger partial charge in [0.1, 0.15) is 0 Å². The number of alkyl halides is 2. The van der Waals surface area contributed by atoms with Crippen molar-refractivity contribution >= 4 is 26.2 Å². The van der Waals surface area contributed by atoms with Crippen LogP contribution >= 0.6 is 0 Å². The van der Waals surface area contributed by atoms with Crippen LogP contribution in [0.4, 0.5) is 8.78 Å². The van der Waals surface area contributed by atoms with Gasteiger partial charge in [-0.15, -0.1) is 0 Å². The SMILES string of the molecule is CS(=O)(=O)OCCCCCCOC(=O)C(F)(F)S(=O)(=O)O. The summed E-state index contributed by atoms with van der Waals surface area (Å²) in [6.07, 6.45) is 2.41. The molecular formula is C9H16F2O8S2. The van der Waals surface area contributed by atoms with Crippen molar-refractivity contribution in [1.82, 2.24) is 0 Å². The zero-order valence-electron chi connectivity index (χ0n) is 11.1. The standard InChI is InChI=1S/C9H16F2O8S2/c1-20(13,14)19-7-5-3-2-4-6-18-8(12)9(10,11)21(15,16)17/h2-7H2,1H3,(H,15,16,17). The van der Waals surface area contributed by atoms with Crippen LogP contribution < -0.4 is 0 Å². The van der Waals surface area contributed by atoms with E-state index >= 15 is 0 Å². The van der Waals surface area contributed by atoms with E-state index in [2.05, 4.69) is 8.92 Å². The molecule has 21 heavy (non-hydrogen) atoms. The largest absolute Gasteiger partial charge is 0.465 e. The van der Waals surface area contributed by atoms with Gasteiger partial charge in [-0.1, -0.05) is 6.42 Å². The Morgan fingerprint density at radius 3 is 1.95 bits per heavy atom. The van der Waals surface area contributed by atoms with Gasteiger partial charge in [-0.05, 0) is 19.3 Å². The van der Waals surface area contributed by atoms with Gasteiger partial charge in [0.15, 0.2) is 0 Å². The second-order valence-corrected chi connectivity index (χ2v) is 7.17. The van der Waals surface area contributed by atoms with Gasteiger partial charge in [0.05, 0.1) is 19.5 Å². The van der Waals surface area contributed by atoms with Crippen LogP contribution in [0.5, 0.6) is 0 Å². The van der Waals surface area contributed by atoms with E-state index in [0.717, 1.165) is 6.26 Å². The maximum Gasteiger partial charge on any atom is 0.465 e. The van der Waals surface area contributed by atoms with Crippen LogP contribution in [0.1, 0.15) is 25.7 Å². The van der Waals surface area contributed by atoms with Crippen LogP contribution in [-0.2, 0) is 34.0 Å². The third kappa shape index (κ3) is 8.24. The minimum absolute atomic E-state index is 0.0144. The van der Waals surface area contributed by atoms with Gasteiger partial charge in [0.25, 0.3) is 10.1 Å². The van der Waals surface area contributed by atoms with Gasteiger partial charge in [-0.25, -0.2) is 4.79 Å². The number of hydrogen-bond donors (Lipinski definition) is 1. The maximum atomic E-state index is 12.7. The number of carbonyl (C=O) groups excluding carboxylic acids is 1. The van der Waals surface area contributed by atoms with Crippen molar-refractivity contribution in [3.8, 4) is 0 Å². The molecular weight excluding hydrogens is 338 g/mol. The Morgan fingerprint density at radius 2 is 1.52 bits per heavy atom. The highest BCUT2D eigenvalue weighted by atomic mass is 32.2. The molecule has 0 aliphatic rings. The molecule has 0 saturated heterocycles. The number of hydrogen-bond acceptors (Lipinski definition) is 7. The van der Waals surface area contributed by atoms with E-state index < -0.39 is 38.1 Å². The Morgan fingerprint density at radius 1 is 1.05 bits per heavy atom. The number of unbranched alkanes of at least 4 members (excludes halogenated alkanes) is 3. The Balaban J connectivity index is 3.81. The predicted molar refractivity (Wildman–Crippen MR) is 66.7 cm³/mol. The molecule has 0 fully saturated rings. The summed E-state index contributed by atoms with van der Waals surface area (Å²) in [4.78, 5) is 10.8. The molecule has 1 N–H and O–H groups in total. The van der Waals surface area contributed by atoms with Gasteiger partial charge < -0.3 is 4.74 Å². The highest BCUT2D eigenvalue weighted by molar-refractivity contribution is 7.87. The molecule has 126 valence electrons. The molecule has 0 radical (unpaired) electrons. The molecule has 8 nitrogen and oxygen atoms in total. The molecule has 0 aromatic rings. The number of ether oxygens (including phenoxy) is 1. The lowest BCUT2D eigenvalue weighted by molar-refractivity contribution is -0.161. The first kappa shape index (κ1) is 20.1. The molecule has 0 saturated carbocycles. The summed E-state index contributed by atoms with van der Waals surface area (Å²) < 4.78 is 83.7. The molecule has 0 aliphatic heterocycles. The summed E-state index contributed by atoms with van der Waals surface area (Å²) in [5.41, 5.74) is 0. The van der Waals surface area contributed by atoms with Crippen molar-refractivity contribution in [1.29, 1.82) is 0 Å². The molecule has 0 spiro atoms. The molecule has 0 unspecified atom stereocenters. The van der Waals surface area contributed by atoms with Crippen LogP contribution in [0.2, 0.25) is 0 Å². The van der Waals surface area contributed by atoms with Crippen molar-refractivity contribution in [2.75, 3.05) is 19.5 Å². The Hall–Kier alpha value is -0.850. The lowest BCUT2D eigenvalue weighted by Crippen LogP contribution is -2.39. The third-order valence-electron chi connectivity index (χ3n) is 2.13. The first-order valence-electron chi connectivity index (χ1n) is 5.74. The van der Waals surface area contributed by atoms with Gasteiger partial charge in [0, 0.05) is 0 Å². The number of esters is 1. The van der Waals surface area contributed by atoms with Crippen molar-refractivity contribution in [2.24, 2.45) is 0 Å². The molecule has 0 aromatic carbocycles. The van der Waals surface area contributed by atoms with Crippen molar-refractivity contribution < 1.29 is 43.9 Å². The fourth-order valence-electron chi connectivity index (χ4n) is 1.12. The number of carbonyl (C=O) groups is 1. The van der Waals surface area contributed by atoms with E-state index in [9.17, 15) is 30.4 Å². The summed E-state index contributed by atoms with van der Waals surface area (Å²) in [6.45, 7) is -0.462. The van der Waals surface area contributed by atoms with E-state index in [4.69, 9.17) is 4.55 Å². The lowest BCUT2D eigenvalue weighted by atomic mass is 10.2. The normalized spacial score (nSPS) is 13.1.